The van der Waals surface area contributed by atoms with Crippen molar-refractivity contribution in [3.63, 3.8) is 0 Å². The Morgan fingerprint density at radius 1 is 0.771 bits per heavy atom. The third-order valence-electron chi connectivity index (χ3n) is 6.00. The first-order valence-corrected chi connectivity index (χ1v) is 12.8. The summed E-state index contributed by atoms with van der Waals surface area (Å²) >= 11 is 0. The molecule has 0 heterocycles. The van der Waals surface area contributed by atoms with Crippen molar-refractivity contribution in [3.05, 3.63) is 0 Å². The van der Waals surface area contributed by atoms with Crippen molar-refractivity contribution in [1.82, 2.24) is 16.0 Å². The van der Waals surface area contributed by atoms with Crippen molar-refractivity contribution in [3.8, 4) is 0 Å². The van der Waals surface area contributed by atoms with E-state index in [-0.39, 0.29) is 24.7 Å². The molecule has 0 fully saturated rings. The Balaban J connectivity index is 5.51. The van der Waals surface area contributed by atoms with Gasteiger partial charge in [0.2, 0.25) is 17.7 Å². The standard InChI is InChI=1S/C24H48N6O5/c1-5-16(4)20(30-21(31)17(27)14-15(2)3)23(33)28-18(10-6-8-12-25)22(32)29-19(24(34)35)11-7-9-13-26/h15-20H,5-14,25-27H2,1-4H3,(H,28,33)(H,29,32)(H,30,31)(H,34,35). The number of unbranched alkanes of at least 4 members (excludes halogenated alkanes) is 2. The van der Waals surface area contributed by atoms with Gasteiger partial charge in [-0.3, -0.25) is 14.4 Å². The topological polar surface area (TPSA) is 203 Å². The van der Waals surface area contributed by atoms with Crippen molar-refractivity contribution in [2.45, 2.75) is 103 Å². The van der Waals surface area contributed by atoms with Gasteiger partial charge < -0.3 is 38.3 Å². The molecule has 10 N–H and O–H groups in total. The Bertz CT molecular complexity index is 660. The number of carboxylic acid groups (broad SMARTS) is 1. The number of nitrogens with two attached hydrogens (primary N) is 3. The van der Waals surface area contributed by atoms with Crippen LogP contribution in [-0.4, -0.2) is 66.1 Å². The van der Waals surface area contributed by atoms with E-state index in [0.717, 1.165) is 0 Å². The van der Waals surface area contributed by atoms with Gasteiger partial charge in [-0.25, -0.2) is 4.79 Å². The summed E-state index contributed by atoms with van der Waals surface area (Å²) in [6.45, 7) is 8.50. The van der Waals surface area contributed by atoms with Gasteiger partial charge in [0.1, 0.15) is 18.1 Å². The van der Waals surface area contributed by atoms with Gasteiger partial charge in [-0.1, -0.05) is 34.1 Å². The highest BCUT2D eigenvalue weighted by atomic mass is 16.4. The predicted octanol–water partition coefficient (Wildman–Crippen LogP) is 0.203. The summed E-state index contributed by atoms with van der Waals surface area (Å²) in [6, 6.07) is -3.67. The van der Waals surface area contributed by atoms with Crippen LogP contribution in [0.4, 0.5) is 0 Å². The molecule has 0 spiro atoms. The fourth-order valence-corrected chi connectivity index (χ4v) is 3.62. The molecule has 0 bridgehead atoms. The summed E-state index contributed by atoms with van der Waals surface area (Å²) in [6.07, 6.45) is 4.03. The van der Waals surface area contributed by atoms with Crippen LogP contribution < -0.4 is 33.2 Å². The zero-order valence-electron chi connectivity index (χ0n) is 21.8. The highest BCUT2D eigenvalue weighted by Crippen LogP contribution is 2.12. The normalized spacial score (nSPS) is 15.5. The second kappa shape index (κ2) is 18.1. The Morgan fingerprint density at radius 2 is 1.29 bits per heavy atom. The molecule has 35 heavy (non-hydrogen) atoms. The fraction of sp³-hybridized carbons (Fsp3) is 0.833. The Labute approximate surface area is 209 Å². The van der Waals surface area contributed by atoms with E-state index in [4.69, 9.17) is 17.2 Å². The number of hydrogen-bond donors (Lipinski definition) is 7. The molecule has 0 aromatic heterocycles. The lowest BCUT2D eigenvalue weighted by Crippen LogP contribution is -2.58. The van der Waals surface area contributed by atoms with Gasteiger partial charge in [-0.2, -0.15) is 0 Å². The quantitative estimate of drug-likeness (QED) is 0.122. The zero-order valence-corrected chi connectivity index (χ0v) is 21.8. The van der Waals surface area contributed by atoms with Crippen LogP contribution in [0.3, 0.4) is 0 Å². The first-order chi connectivity index (χ1) is 16.5. The van der Waals surface area contributed by atoms with E-state index >= 15 is 0 Å². The van der Waals surface area contributed by atoms with E-state index < -0.39 is 47.9 Å². The van der Waals surface area contributed by atoms with Crippen LogP contribution in [0, 0.1) is 11.8 Å². The number of carbonyl (C=O) groups excluding carboxylic acids is 3. The molecule has 3 amide bonds. The number of carboxylic acids is 1. The third-order valence-corrected chi connectivity index (χ3v) is 6.00. The van der Waals surface area contributed by atoms with Gasteiger partial charge in [0.25, 0.3) is 0 Å². The Hall–Kier alpha value is -2.24. The average Bonchev–Trinajstić information content (AvgIpc) is 2.79. The molecule has 11 nitrogen and oxygen atoms in total. The largest absolute Gasteiger partial charge is 0.480 e. The minimum Gasteiger partial charge on any atom is -0.480 e. The van der Waals surface area contributed by atoms with Crippen molar-refractivity contribution >= 4 is 23.7 Å². The smallest absolute Gasteiger partial charge is 0.326 e. The summed E-state index contributed by atoms with van der Waals surface area (Å²) in [4.78, 5) is 50.4. The van der Waals surface area contributed by atoms with Crippen LogP contribution in [0.5, 0.6) is 0 Å². The van der Waals surface area contributed by atoms with Crippen LogP contribution >= 0.6 is 0 Å². The van der Waals surface area contributed by atoms with Crippen molar-refractivity contribution in [2.75, 3.05) is 13.1 Å². The van der Waals surface area contributed by atoms with Gasteiger partial charge in [-0.15, -0.1) is 0 Å². The molecular weight excluding hydrogens is 452 g/mol. The average molecular weight is 501 g/mol. The fourth-order valence-electron chi connectivity index (χ4n) is 3.62. The van der Waals surface area contributed by atoms with Crippen LogP contribution in [0.15, 0.2) is 0 Å². The van der Waals surface area contributed by atoms with E-state index in [0.29, 0.717) is 51.6 Å². The van der Waals surface area contributed by atoms with Crippen molar-refractivity contribution in [1.29, 1.82) is 0 Å². The summed E-state index contributed by atoms with van der Waals surface area (Å²) in [5, 5.41) is 17.5. The number of nitrogens with one attached hydrogen (secondary N) is 3. The molecular formula is C24H48N6O5. The molecule has 5 atom stereocenters. The van der Waals surface area contributed by atoms with E-state index in [1.54, 1.807) is 0 Å². The van der Waals surface area contributed by atoms with Gasteiger partial charge in [-0.05, 0) is 69.9 Å². The van der Waals surface area contributed by atoms with Gasteiger partial charge in [0.15, 0.2) is 0 Å². The lowest BCUT2D eigenvalue weighted by Gasteiger charge is -2.28. The Morgan fingerprint density at radius 3 is 1.74 bits per heavy atom. The first kappa shape index (κ1) is 32.8. The maximum atomic E-state index is 13.2. The zero-order chi connectivity index (χ0) is 27.0. The number of rotatable bonds is 19. The van der Waals surface area contributed by atoms with E-state index in [1.807, 2.05) is 27.7 Å². The molecule has 0 aliphatic carbocycles. The Kier molecular flexibility index (Phi) is 16.9. The molecule has 0 rings (SSSR count). The predicted molar refractivity (Wildman–Crippen MR) is 136 cm³/mol. The van der Waals surface area contributed by atoms with Crippen molar-refractivity contribution in [2.24, 2.45) is 29.0 Å². The molecule has 204 valence electrons. The molecule has 5 unspecified atom stereocenters. The van der Waals surface area contributed by atoms with Gasteiger partial charge >= 0.3 is 5.97 Å². The molecule has 0 aromatic carbocycles. The molecule has 0 aliphatic rings. The molecule has 0 radical (unpaired) electrons. The van der Waals surface area contributed by atoms with Crippen LogP contribution in [-0.2, 0) is 19.2 Å². The molecule has 11 heteroatoms. The van der Waals surface area contributed by atoms with Gasteiger partial charge in [0.05, 0.1) is 6.04 Å². The number of amides is 3. The molecule has 0 saturated carbocycles. The number of aliphatic carboxylic acids is 1. The molecule has 0 saturated heterocycles. The SMILES string of the molecule is CCC(C)C(NC(=O)C(N)CC(C)C)C(=O)NC(CCCCN)C(=O)NC(CCCCN)C(=O)O. The van der Waals surface area contributed by atoms with E-state index in [2.05, 4.69) is 16.0 Å². The highest BCUT2D eigenvalue weighted by molar-refractivity contribution is 5.94. The lowest BCUT2D eigenvalue weighted by atomic mass is 9.96. The first-order valence-electron chi connectivity index (χ1n) is 12.8. The summed E-state index contributed by atoms with van der Waals surface area (Å²) in [5.74, 6) is -2.65. The summed E-state index contributed by atoms with van der Waals surface area (Å²) < 4.78 is 0. The lowest BCUT2D eigenvalue weighted by molar-refractivity contribution is -0.142. The minimum atomic E-state index is -1.15. The number of hydrogen-bond acceptors (Lipinski definition) is 7. The molecule has 0 aliphatic heterocycles. The summed E-state index contributed by atoms with van der Waals surface area (Å²) in [5.41, 5.74) is 17.0. The summed E-state index contributed by atoms with van der Waals surface area (Å²) in [7, 11) is 0. The van der Waals surface area contributed by atoms with E-state index in [9.17, 15) is 24.3 Å². The minimum absolute atomic E-state index is 0.207. The third kappa shape index (κ3) is 13.4. The van der Waals surface area contributed by atoms with Crippen LogP contribution in [0.2, 0.25) is 0 Å². The molecule has 0 aromatic rings. The monoisotopic (exact) mass is 500 g/mol. The van der Waals surface area contributed by atoms with E-state index in [1.165, 1.54) is 0 Å². The number of carbonyl (C=O) groups is 4. The maximum Gasteiger partial charge on any atom is 0.326 e. The second-order valence-corrected chi connectivity index (χ2v) is 9.64. The highest BCUT2D eigenvalue weighted by Gasteiger charge is 2.32. The van der Waals surface area contributed by atoms with Crippen LogP contribution in [0.1, 0.15) is 79.1 Å². The second-order valence-electron chi connectivity index (χ2n) is 9.64. The van der Waals surface area contributed by atoms with Crippen molar-refractivity contribution < 1.29 is 24.3 Å². The van der Waals surface area contributed by atoms with Gasteiger partial charge in [0, 0.05) is 0 Å². The van der Waals surface area contributed by atoms with Crippen LogP contribution in [0.25, 0.3) is 0 Å². The maximum absolute atomic E-state index is 13.2.